The van der Waals surface area contributed by atoms with Crippen LogP contribution in [0, 0.1) is 6.92 Å². The number of hydrogen-bond acceptors (Lipinski definition) is 5. The minimum Gasteiger partial charge on any atom is -0.438 e. The Morgan fingerprint density at radius 2 is 1.88 bits per heavy atom. The number of benzene rings is 3. The molecule has 2 heterocycles. The summed E-state index contributed by atoms with van der Waals surface area (Å²) < 4.78 is 6.14. The summed E-state index contributed by atoms with van der Waals surface area (Å²) >= 11 is 7.40. The van der Waals surface area contributed by atoms with E-state index in [-0.39, 0.29) is 11.7 Å². The molecule has 1 aliphatic heterocycles. The highest BCUT2D eigenvalue weighted by Crippen LogP contribution is 2.40. The Morgan fingerprint density at radius 3 is 2.70 bits per heavy atom. The maximum absolute atomic E-state index is 12.6. The molecule has 7 heteroatoms. The predicted octanol–water partition coefficient (Wildman–Crippen LogP) is 6.53. The van der Waals surface area contributed by atoms with E-state index in [1.807, 2.05) is 55.5 Å². The van der Waals surface area contributed by atoms with Crippen molar-refractivity contribution in [1.82, 2.24) is 9.97 Å². The van der Waals surface area contributed by atoms with Crippen molar-refractivity contribution in [2.24, 2.45) is 0 Å². The van der Waals surface area contributed by atoms with Crippen LogP contribution in [0.25, 0.3) is 11.4 Å². The average Bonchev–Trinajstić information content (AvgIpc) is 2.81. The molecule has 4 aromatic rings. The number of halogens is 1. The molecule has 0 fully saturated rings. The standard InChI is InChI=1S/C26H20ClN3O2S/c1-16-9-11-17(12-10-16)24-29-25-21(13-18-5-2-3-8-22(18)32-25)26(30-24)33-15-23(31)28-20-7-4-6-19(27)14-20/h2-12,14H,13,15H2,1H3,(H,28,31). The van der Waals surface area contributed by atoms with Gasteiger partial charge in [-0.15, -0.1) is 0 Å². The second kappa shape index (κ2) is 9.25. The predicted molar refractivity (Wildman–Crippen MR) is 132 cm³/mol. The molecule has 5 nitrogen and oxygen atoms in total. The fraction of sp³-hybridized carbons (Fsp3) is 0.115. The van der Waals surface area contributed by atoms with E-state index in [1.54, 1.807) is 24.3 Å². The number of aryl methyl sites for hydroxylation is 1. The van der Waals surface area contributed by atoms with Gasteiger partial charge in [0.05, 0.1) is 11.3 Å². The van der Waals surface area contributed by atoms with Gasteiger partial charge in [0.25, 0.3) is 0 Å². The topological polar surface area (TPSA) is 64.1 Å². The summed E-state index contributed by atoms with van der Waals surface area (Å²) in [5, 5.41) is 4.20. The number of amides is 1. The van der Waals surface area contributed by atoms with Crippen LogP contribution in [-0.2, 0) is 11.2 Å². The minimum absolute atomic E-state index is 0.136. The van der Waals surface area contributed by atoms with Gasteiger partial charge in [-0.05, 0) is 36.8 Å². The van der Waals surface area contributed by atoms with Crippen LogP contribution in [0.3, 0.4) is 0 Å². The van der Waals surface area contributed by atoms with Gasteiger partial charge in [0.2, 0.25) is 11.8 Å². The van der Waals surface area contributed by atoms with Crippen LogP contribution in [0.4, 0.5) is 5.69 Å². The van der Waals surface area contributed by atoms with Crippen molar-refractivity contribution < 1.29 is 9.53 Å². The number of ether oxygens (including phenoxy) is 1. The SMILES string of the molecule is Cc1ccc(-c2nc3c(c(SCC(=O)Nc4cccc(Cl)c4)n2)Cc2ccccc2O3)cc1. The van der Waals surface area contributed by atoms with Crippen LogP contribution in [0.5, 0.6) is 11.6 Å². The molecule has 3 aromatic carbocycles. The third kappa shape index (κ3) is 4.87. The molecule has 0 bridgehead atoms. The van der Waals surface area contributed by atoms with Gasteiger partial charge in [-0.1, -0.05) is 77.5 Å². The quantitative estimate of drug-likeness (QED) is 0.232. The highest BCUT2D eigenvalue weighted by molar-refractivity contribution is 8.00. The minimum atomic E-state index is -0.136. The van der Waals surface area contributed by atoms with Crippen LogP contribution < -0.4 is 10.1 Å². The Kier molecular flexibility index (Phi) is 6.03. The number of rotatable bonds is 5. The van der Waals surface area contributed by atoms with Gasteiger partial charge in [0.1, 0.15) is 10.8 Å². The van der Waals surface area contributed by atoms with Gasteiger partial charge in [0, 0.05) is 22.7 Å². The van der Waals surface area contributed by atoms with E-state index in [4.69, 9.17) is 26.3 Å². The maximum Gasteiger partial charge on any atom is 0.234 e. The van der Waals surface area contributed by atoms with E-state index >= 15 is 0 Å². The fourth-order valence-corrected chi connectivity index (χ4v) is 4.59. The fourth-order valence-electron chi connectivity index (χ4n) is 3.57. The number of carbonyl (C=O) groups is 1. The number of nitrogens with zero attached hydrogens (tertiary/aromatic N) is 2. The average molecular weight is 474 g/mol. The lowest BCUT2D eigenvalue weighted by atomic mass is 10.0. The zero-order valence-electron chi connectivity index (χ0n) is 17.8. The molecule has 1 aliphatic rings. The number of carbonyl (C=O) groups excluding carboxylic acids is 1. The first-order valence-electron chi connectivity index (χ1n) is 10.5. The number of hydrogen-bond donors (Lipinski definition) is 1. The van der Waals surface area contributed by atoms with E-state index in [2.05, 4.69) is 5.32 Å². The van der Waals surface area contributed by atoms with E-state index in [1.165, 1.54) is 11.8 Å². The summed E-state index contributed by atoms with van der Waals surface area (Å²) in [5.41, 5.74) is 4.69. The molecule has 33 heavy (non-hydrogen) atoms. The van der Waals surface area contributed by atoms with Crippen molar-refractivity contribution >= 4 is 35.0 Å². The van der Waals surface area contributed by atoms with Gasteiger partial charge in [-0.2, -0.15) is 4.98 Å². The summed E-state index contributed by atoms with van der Waals surface area (Å²) in [6, 6.07) is 23.0. The first-order chi connectivity index (χ1) is 16.0. The van der Waals surface area contributed by atoms with Gasteiger partial charge in [0.15, 0.2) is 5.82 Å². The molecule has 5 rings (SSSR count). The van der Waals surface area contributed by atoms with Crippen molar-refractivity contribution in [3.63, 3.8) is 0 Å². The molecule has 0 atom stereocenters. The highest BCUT2D eigenvalue weighted by Gasteiger charge is 2.24. The van der Waals surface area contributed by atoms with Gasteiger partial charge in [-0.3, -0.25) is 4.79 Å². The number of anilines is 1. The smallest absolute Gasteiger partial charge is 0.234 e. The van der Waals surface area contributed by atoms with Crippen molar-refractivity contribution in [3.05, 3.63) is 94.5 Å². The van der Waals surface area contributed by atoms with Crippen LogP contribution in [0.1, 0.15) is 16.7 Å². The number of nitrogens with one attached hydrogen (secondary N) is 1. The Hall–Kier alpha value is -3.35. The first-order valence-corrected chi connectivity index (χ1v) is 11.8. The van der Waals surface area contributed by atoms with E-state index < -0.39 is 0 Å². The number of fused-ring (bicyclic) bond motifs is 2. The third-order valence-electron chi connectivity index (χ3n) is 5.24. The van der Waals surface area contributed by atoms with E-state index in [0.717, 1.165) is 33.0 Å². The second-order valence-corrected chi connectivity index (χ2v) is 9.14. The monoisotopic (exact) mass is 473 g/mol. The van der Waals surface area contributed by atoms with Crippen molar-refractivity contribution in [2.75, 3.05) is 11.1 Å². The molecule has 0 saturated carbocycles. The van der Waals surface area contributed by atoms with Crippen LogP contribution in [0.2, 0.25) is 5.02 Å². The molecule has 0 saturated heterocycles. The van der Waals surface area contributed by atoms with E-state index in [9.17, 15) is 4.79 Å². The summed E-state index contributed by atoms with van der Waals surface area (Å²) in [4.78, 5) is 22.1. The largest absolute Gasteiger partial charge is 0.438 e. The zero-order chi connectivity index (χ0) is 22.8. The maximum atomic E-state index is 12.6. The Balaban J connectivity index is 1.44. The summed E-state index contributed by atoms with van der Waals surface area (Å²) in [6.07, 6.45) is 0.651. The van der Waals surface area contributed by atoms with Crippen LogP contribution in [-0.4, -0.2) is 21.6 Å². The Labute approximate surface area is 201 Å². The summed E-state index contributed by atoms with van der Waals surface area (Å²) in [6.45, 7) is 2.04. The lowest BCUT2D eigenvalue weighted by Gasteiger charge is -2.21. The van der Waals surface area contributed by atoms with Gasteiger partial charge in [-0.25, -0.2) is 4.98 Å². The molecule has 1 aromatic heterocycles. The van der Waals surface area contributed by atoms with Crippen molar-refractivity contribution in [1.29, 1.82) is 0 Å². The third-order valence-corrected chi connectivity index (χ3v) is 6.49. The lowest BCUT2D eigenvalue weighted by Crippen LogP contribution is -2.15. The number of aromatic nitrogens is 2. The van der Waals surface area contributed by atoms with Crippen LogP contribution >= 0.6 is 23.4 Å². The molecule has 0 aliphatic carbocycles. The molecule has 0 unspecified atom stereocenters. The Morgan fingerprint density at radius 1 is 1.06 bits per heavy atom. The van der Waals surface area contributed by atoms with Crippen molar-refractivity contribution in [2.45, 2.75) is 18.4 Å². The Bertz CT molecular complexity index is 1340. The highest BCUT2D eigenvalue weighted by atomic mass is 35.5. The molecular weight excluding hydrogens is 454 g/mol. The van der Waals surface area contributed by atoms with Gasteiger partial charge >= 0.3 is 0 Å². The van der Waals surface area contributed by atoms with E-state index in [0.29, 0.717) is 28.8 Å². The zero-order valence-corrected chi connectivity index (χ0v) is 19.4. The lowest BCUT2D eigenvalue weighted by molar-refractivity contribution is -0.113. The molecule has 0 radical (unpaired) electrons. The second-order valence-electron chi connectivity index (χ2n) is 7.74. The summed E-state index contributed by atoms with van der Waals surface area (Å²) in [5.74, 6) is 1.98. The molecule has 1 amide bonds. The first kappa shape index (κ1) is 21.5. The molecule has 0 spiro atoms. The van der Waals surface area contributed by atoms with Gasteiger partial charge < -0.3 is 10.1 Å². The molecule has 164 valence electrons. The van der Waals surface area contributed by atoms with Crippen molar-refractivity contribution in [3.8, 4) is 23.0 Å². The molecule has 1 N–H and O–H groups in total. The number of para-hydroxylation sites is 1. The van der Waals surface area contributed by atoms with Crippen LogP contribution in [0.15, 0.2) is 77.8 Å². The normalized spacial score (nSPS) is 11.8. The summed E-state index contributed by atoms with van der Waals surface area (Å²) in [7, 11) is 0. The number of thioether (sulfide) groups is 1. The molecular formula is C26H20ClN3O2S.